The summed E-state index contributed by atoms with van der Waals surface area (Å²) in [4.78, 5) is 43.2. The van der Waals surface area contributed by atoms with Crippen LogP contribution < -0.4 is 31.0 Å². The van der Waals surface area contributed by atoms with Gasteiger partial charge in [0.2, 0.25) is 0 Å². The second-order valence-corrected chi connectivity index (χ2v) is 27.9. The Bertz CT molecular complexity index is 4860. The predicted molar refractivity (Wildman–Crippen MR) is 410 cm³/mol. The zero-order valence-corrected chi connectivity index (χ0v) is 62.4. The summed E-state index contributed by atoms with van der Waals surface area (Å²) < 4.78 is 130. The number of nitrogens with zero attached hydrogens (tertiary/aromatic N) is 16. The van der Waals surface area contributed by atoms with E-state index < -0.39 is 94.1 Å². The highest BCUT2D eigenvalue weighted by Crippen LogP contribution is 2.49. The van der Waals surface area contributed by atoms with Crippen molar-refractivity contribution in [3.63, 3.8) is 0 Å². The standard InChI is InChI=1S/C41H42F4N8O2.C40H40F4N8O3.CH4O/c1-4-37(28(2)3)53-39(54)52(27-48-53)34-14-12-33(13-15-34)50-22-20-49(21-23-50)32-10-6-29(7-11-32)30-8-17-38(46-25-30)41(44,45)40(55,26-51-19-5-18-47-51)35-16-9-31(42)24-36(35)43;1-3-36(27(2)53)52-38(54)51(26-47-52)33-13-11-32(12-14-33)49-21-19-48(20-22-49)31-9-5-28(6-10-31)29-7-16-37(45-24-29)40(43,44)39(55,25-50-18-4-17-46-50)34-15-8-30(41)23-35(34)42;1-2/h5-19,24-25,27-28,37,55H,4,20-23,26H2,1-3H3;4-18,23-24,26-27,36,53,55H,3,19-22,25H2,1-2H3;2H,1H3/t37-,40?;27-,36?,39?;/m00./s1. The number of rotatable bonds is 24. The maximum absolute atomic E-state index is 16.2. The average molecular weight is 1540 g/mol. The number of piperazine rings is 2. The first-order valence-corrected chi connectivity index (χ1v) is 36.6. The molecule has 3 unspecified atom stereocenters. The number of hydrogen-bond acceptors (Lipinski definition) is 16. The van der Waals surface area contributed by atoms with E-state index in [0.717, 1.165) is 151 Å². The lowest BCUT2D eigenvalue weighted by atomic mass is 9.84. The first-order chi connectivity index (χ1) is 53.8. The highest BCUT2D eigenvalue weighted by Gasteiger charge is 2.59. The van der Waals surface area contributed by atoms with Crippen molar-refractivity contribution in [2.24, 2.45) is 5.92 Å². The fourth-order valence-electron chi connectivity index (χ4n) is 14.4. The summed E-state index contributed by atoms with van der Waals surface area (Å²) in [5.41, 5.74) is -1.69. The van der Waals surface area contributed by atoms with Crippen molar-refractivity contribution in [3.05, 3.63) is 286 Å². The molecule has 112 heavy (non-hydrogen) atoms. The summed E-state index contributed by atoms with van der Waals surface area (Å²) in [5, 5.41) is 56.5. The SMILES string of the molecule is CCC([C@H](C)O)n1ncn(-c2ccc(N3CCN(c4ccc(-c5ccc(C(F)(F)C(O)(Cn6cccn6)c6ccc(F)cc6F)nc5)cc4)CC3)cc2)c1=O.CC[C@@H](C(C)C)n1ncn(-c2ccc(N3CCN(c4ccc(-c5ccc(C(F)(F)C(O)(Cn6cccn6)c6ccc(F)cc6F)nc5)cc4)CC3)cc2)c1=O.CO. The molecule has 2 saturated heterocycles. The van der Waals surface area contributed by atoms with Gasteiger partial charge in [-0.05, 0) is 158 Å². The number of halogens is 8. The maximum atomic E-state index is 16.2. The highest BCUT2D eigenvalue weighted by molar-refractivity contribution is 5.68. The second kappa shape index (κ2) is 33.9. The Balaban J connectivity index is 0.000000203. The average Bonchev–Trinajstić information content (AvgIpc) is 1.09. The largest absolute Gasteiger partial charge is 0.400 e. The molecule has 0 bridgehead atoms. The van der Waals surface area contributed by atoms with Crippen LogP contribution in [0.15, 0.2) is 229 Å². The summed E-state index contributed by atoms with van der Waals surface area (Å²) in [6.07, 6.45) is 11.7. The van der Waals surface area contributed by atoms with Gasteiger partial charge in [-0.3, -0.25) is 19.3 Å². The molecule has 586 valence electrons. The summed E-state index contributed by atoms with van der Waals surface area (Å²) >= 11 is 0. The van der Waals surface area contributed by atoms with Crippen molar-refractivity contribution in [3.8, 4) is 33.6 Å². The molecular formula is C82H86F8N16O6. The van der Waals surface area contributed by atoms with Crippen LogP contribution in [-0.2, 0) is 36.1 Å². The number of aliphatic hydroxyl groups excluding tert-OH is 2. The van der Waals surface area contributed by atoms with E-state index in [1.807, 2.05) is 104 Å². The third-order valence-corrected chi connectivity index (χ3v) is 20.7. The number of aliphatic hydroxyl groups is 4. The minimum Gasteiger partial charge on any atom is -0.400 e. The quantitative estimate of drug-likeness (QED) is 0.0412. The molecule has 8 heterocycles. The molecule has 0 radical (unpaired) electrons. The van der Waals surface area contributed by atoms with Crippen molar-refractivity contribution in [1.82, 2.24) is 58.2 Å². The summed E-state index contributed by atoms with van der Waals surface area (Å²) in [7, 11) is 1.00. The Morgan fingerprint density at radius 3 is 1.04 bits per heavy atom. The number of aromatic nitrogens is 12. The van der Waals surface area contributed by atoms with Gasteiger partial charge in [0, 0.05) is 154 Å². The number of alkyl halides is 4. The van der Waals surface area contributed by atoms with Crippen LogP contribution in [0.1, 0.15) is 82.1 Å². The van der Waals surface area contributed by atoms with Crippen molar-refractivity contribution in [2.45, 2.75) is 102 Å². The molecule has 2 aliphatic heterocycles. The van der Waals surface area contributed by atoms with Gasteiger partial charge in [0.25, 0.3) is 0 Å². The van der Waals surface area contributed by atoms with Crippen molar-refractivity contribution >= 4 is 22.7 Å². The van der Waals surface area contributed by atoms with Gasteiger partial charge in [0.1, 0.15) is 47.3 Å². The van der Waals surface area contributed by atoms with Crippen LogP contribution in [0.2, 0.25) is 0 Å². The molecule has 0 amide bonds. The zero-order chi connectivity index (χ0) is 79.8. The van der Waals surface area contributed by atoms with Crippen LogP contribution >= 0.6 is 0 Å². The third kappa shape index (κ3) is 16.4. The van der Waals surface area contributed by atoms with Crippen LogP contribution in [0.3, 0.4) is 0 Å². The van der Waals surface area contributed by atoms with Crippen molar-refractivity contribution < 1.29 is 55.5 Å². The topological polar surface area (TPSA) is 235 Å². The lowest BCUT2D eigenvalue weighted by molar-refractivity contribution is -0.207. The van der Waals surface area contributed by atoms with Gasteiger partial charge >= 0.3 is 23.2 Å². The van der Waals surface area contributed by atoms with E-state index in [1.165, 1.54) is 77.0 Å². The van der Waals surface area contributed by atoms with E-state index in [-0.39, 0.29) is 17.4 Å². The third-order valence-electron chi connectivity index (χ3n) is 20.7. The van der Waals surface area contributed by atoms with Crippen LogP contribution in [-0.4, -0.2) is 144 Å². The molecule has 0 saturated carbocycles. The van der Waals surface area contributed by atoms with Crippen LogP contribution in [0.25, 0.3) is 33.6 Å². The van der Waals surface area contributed by atoms with Gasteiger partial charge in [0.05, 0.1) is 42.7 Å². The number of anilines is 4. The Morgan fingerprint density at radius 1 is 0.429 bits per heavy atom. The van der Waals surface area contributed by atoms with E-state index >= 15 is 17.6 Å². The minimum atomic E-state index is -4.11. The fraction of sp³-hybridized carbons (Fsp3) is 0.317. The molecule has 2 fully saturated rings. The molecule has 6 aromatic carbocycles. The van der Waals surface area contributed by atoms with Crippen molar-refractivity contribution in [1.29, 1.82) is 0 Å². The van der Waals surface area contributed by atoms with E-state index in [2.05, 4.69) is 70.7 Å². The first kappa shape index (κ1) is 79.9. The maximum Gasteiger partial charge on any atom is 0.350 e. The lowest BCUT2D eigenvalue weighted by Gasteiger charge is -2.37. The van der Waals surface area contributed by atoms with Crippen LogP contribution in [0.4, 0.5) is 57.9 Å². The van der Waals surface area contributed by atoms with E-state index in [1.54, 1.807) is 22.5 Å². The second-order valence-electron chi connectivity index (χ2n) is 27.9. The van der Waals surface area contributed by atoms with Crippen LogP contribution in [0.5, 0.6) is 0 Å². The summed E-state index contributed by atoms with van der Waals surface area (Å²) in [6.45, 7) is 14.3. The van der Waals surface area contributed by atoms with E-state index in [0.29, 0.717) is 41.3 Å². The molecule has 6 aromatic heterocycles. The Labute approximate surface area is 640 Å². The lowest BCUT2D eigenvalue weighted by Crippen LogP contribution is -2.48. The minimum absolute atomic E-state index is 0.0448. The molecule has 22 nitrogen and oxygen atoms in total. The Kier molecular flexibility index (Phi) is 24.2. The molecular weight excluding hydrogens is 1460 g/mol. The van der Waals surface area contributed by atoms with Gasteiger partial charge < -0.3 is 40.0 Å². The Morgan fingerprint density at radius 2 is 0.750 bits per heavy atom. The zero-order valence-electron chi connectivity index (χ0n) is 62.4. The van der Waals surface area contributed by atoms with Gasteiger partial charge in [-0.15, -0.1) is 0 Å². The molecule has 30 heteroatoms. The predicted octanol–water partition coefficient (Wildman–Crippen LogP) is 12.7. The normalized spacial score (nSPS) is 15.4. The van der Waals surface area contributed by atoms with Gasteiger partial charge in [-0.1, -0.05) is 64.1 Å². The first-order valence-electron chi connectivity index (χ1n) is 36.6. The molecule has 14 rings (SSSR count). The summed E-state index contributed by atoms with van der Waals surface area (Å²) in [6, 6.07) is 43.0. The molecule has 5 atom stereocenters. The molecule has 2 aliphatic rings. The van der Waals surface area contributed by atoms with E-state index in [4.69, 9.17) is 5.11 Å². The number of benzene rings is 6. The van der Waals surface area contributed by atoms with Gasteiger partial charge in [-0.25, -0.2) is 45.6 Å². The number of pyridine rings is 2. The fourth-order valence-corrected chi connectivity index (χ4v) is 14.4. The van der Waals surface area contributed by atoms with Crippen LogP contribution in [0, 0.1) is 29.2 Å². The van der Waals surface area contributed by atoms with E-state index in [9.17, 15) is 42.5 Å². The van der Waals surface area contributed by atoms with Crippen molar-refractivity contribution in [2.75, 3.05) is 79.1 Å². The smallest absolute Gasteiger partial charge is 0.350 e. The number of hydrogen-bond donors (Lipinski definition) is 4. The molecule has 12 aromatic rings. The molecule has 0 aliphatic carbocycles. The van der Waals surface area contributed by atoms with Gasteiger partial charge in [0.15, 0.2) is 11.2 Å². The molecule has 4 N–H and O–H groups in total. The Hall–Kier alpha value is -11.6. The molecule has 0 spiro atoms. The van der Waals surface area contributed by atoms with Gasteiger partial charge in [-0.2, -0.15) is 38.0 Å². The highest BCUT2D eigenvalue weighted by atomic mass is 19.3. The summed E-state index contributed by atoms with van der Waals surface area (Å²) in [5.74, 6) is -12.5. The monoisotopic (exact) mass is 1540 g/mol.